The standard InChI is InChI=1S/C30H36ClN3O4S/c1-6-25-11-7-8-13-28(25)34(39(37,38)27-16-14-22(4)15-17-27)20-29(35)33(23(5)30(36)32-21(2)3)19-24-10-9-12-26(31)18-24/h7-18,21,23H,6,19-20H2,1-5H3,(H,32,36). The lowest BCUT2D eigenvalue weighted by Gasteiger charge is -2.33. The monoisotopic (exact) mass is 569 g/mol. The average Bonchev–Trinajstić information content (AvgIpc) is 2.89. The second-order valence-corrected chi connectivity index (χ2v) is 12.1. The van der Waals surface area contributed by atoms with Crippen molar-refractivity contribution < 1.29 is 18.0 Å². The van der Waals surface area contributed by atoms with E-state index in [0.29, 0.717) is 17.1 Å². The van der Waals surface area contributed by atoms with Crippen LogP contribution in [0.2, 0.25) is 5.02 Å². The smallest absolute Gasteiger partial charge is 0.264 e. The highest BCUT2D eigenvalue weighted by atomic mass is 35.5. The Morgan fingerprint density at radius 1 is 0.949 bits per heavy atom. The van der Waals surface area contributed by atoms with Gasteiger partial charge in [0.05, 0.1) is 10.6 Å². The largest absolute Gasteiger partial charge is 0.352 e. The fraction of sp³-hybridized carbons (Fsp3) is 0.333. The Morgan fingerprint density at radius 3 is 2.23 bits per heavy atom. The molecule has 1 N–H and O–H groups in total. The van der Waals surface area contributed by atoms with Crippen molar-refractivity contribution in [1.29, 1.82) is 0 Å². The van der Waals surface area contributed by atoms with Crippen LogP contribution in [-0.2, 0) is 32.6 Å². The molecule has 0 saturated carbocycles. The number of carbonyl (C=O) groups excluding carboxylic acids is 2. The predicted octanol–water partition coefficient (Wildman–Crippen LogP) is 5.35. The molecule has 2 amide bonds. The van der Waals surface area contributed by atoms with Crippen LogP contribution in [0, 0.1) is 6.92 Å². The Bertz CT molecular complexity index is 1410. The maximum Gasteiger partial charge on any atom is 0.264 e. The van der Waals surface area contributed by atoms with E-state index in [4.69, 9.17) is 11.6 Å². The van der Waals surface area contributed by atoms with Gasteiger partial charge in [-0.05, 0) is 75.6 Å². The summed E-state index contributed by atoms with van der Waals surface area (Å²) < 4.78 is 29.1. The van der Waals surface area contributed by atoms with Crippen molar-refractivity contribution in [1.82, 2.24) is 10.2 Å². The molecule has 0 fully saturated rings. The Kier molecular flexibility index (Phi) is 10.2. The molecular weight excluding hydrogens is 534 g/mol. The molecule has 208 valence electrons. The minimum atomic E-state index is -4.11. The zero-order valence-corrected chi connectivity index (χ0v) is 24.6. The number of amides is 2. The van der Waals surface area contributed by atoms with E-state index < -0.39 is 28.5 Å². The van der Waals surface area contributed by atoms with E-state index in [1.807, 2.05) is 45.9 Å². The van der Waals surface area contributed by atoms with E-state index in [9.17, 15) is 18.0 Å². The number of halogens is 1. The molecule has 3 aromatic rings. The van der Waals surface area contributed by atoms with E-state index in [-0.39, 0.29) is 23.4 Å². The number of nitrogens with zero attached hydrogens (tertiary/aromatic N) is 2. The van der Waals surface area contributed by atoms with Crippen molar-refractivity contribution in [3.05, 3.63) is 94.5 Å². The number of anilines is 1. The van der Waals surface area contributed by atoms with Crippen LogP contribution in [0.1, 0.15) is 44.4 Å². The molecule has 1 atom stereocenters. The summed E-state index contributed by atoms with van der Waals surface area (Å²) in [6, 6.07) is 19.7. The summed E-state index contributed by atoms with van der Waals surface area (Å²) in [4.78, 5) is 28.5. The first kappa shape index (κ1) is 30.2. The van der Waals surface area contributed by atoms with Gasteiger partial charge in [0.25, 0.3) is 10.0 Å². The van der Waals surface area contributed by atoms with Crippen LogP contribution >= 0.6 is 11.6 Å². The molecular formula is C30H36ClN3O4S. The number of benzene rings is 3. The topological polar surface area (TPSA) is 86.8 Å². The van der Waals surface area contributed by atoms with Gasteiger partial charge in [-0.1, -0.05) is 66.6 Å². The second-order valence-electron chi connectivity index (χ2n) is 9.80. The Hall–Kier alpha value is -3.36. The van der Waals surface area contributed by atoms with Gasteiger partial charge in [0, 0.05) is 17.6 Å². The molecule has 0 aromatic heterocycles. The molecule has 0 aliphatic heterocycles. The number of hydrogen-bond acceptors (Lipinski definition) is 4. The summed E-state index contributed by atoms with van der Waals surface area (Å²) in [6.07, 6.45) is 0.573. The van der Waals surface area contributed by atoms with Crippen LogP contribution in [0.15, 0.2) is 77.7 Å². The number of nitrogens with one attached hydrogen (secondary N) is 1. The molecule has 39 heavy (non-hydrogen) atoms. The van der Waals surface area contributed by atoms with Crippen molar-refractivity contribution in [2.75, 3.05) is 10.8 Å². The van der Waals surface area contributed by atoms with E-state index >= 15 is 0 Å². The maximum absolute atomic E-state index is 14.0. The van der Waals surface area contributed by atoms with Crippen molar-refractivity contribution in [2.45, 2.75) is 64.6 Å². The van der Waals surface area contributed by atoms with Gasteiger partial charge in [0.2, 0.25) is 11.8 Å². The van der Waals surface area contributed by atoms with Gasteiger partial charge in [0.15, 0.2) is 0 Å². The zero-order chi connectivity index (χ0) is 28.7. The minimum absolute atomic E-state index is 0.0822. The molecule has 0 aliphatic carbocycles. The predicted molar refractivity (Wildman–Crippen MR) is 156 cm³/mol. The average molecular weight is 570 g/mol. The van der Waals surface area contributed by atoms with Gasteiger partial charge in [-0.3, -0.25) is 13.9 Å². The van der Waals surface area contributed by atoms with Crippen LogP contribution in [0.25, 0.3) is 0 Å². The second kappa shape index (κ2) is 13.1. The van der Waals surface area contributed by atoms with E-state index in [1.165, 1.54) is 4.90 Å². The van der Waals surface area contributed by atoms with Gasteiger partial charge in [-0.2, -0.15) is 0 Å². The molecule has 0 bridgehead atoms. The molecule has 3 aromatic carbocycles. The lowest BCUT2D eigenvalue weighted by molar-refractivity contribution is -0.139. The number of sulfonamides is 1. The highest BCUT2D eigenvalue weighted by molar-refractivity contribution is 7.92. The Balaban J connectivity index is 2.07. The third kappa shape index (κ3) is 7.61. The van der Waals surface area contributed by atoms with Crippen molar-refractivity contribution in [3.63, 3.8) is 0 Å². The molecule has 0 heterocycles. The summed E-state index contributed by atoms with van der Waals surface area (Å²) in [5.41, 5.74) is 2.86. The lowest BCUT2D eigenvalue weighted by atomic mass is 10.1. The van der Waals surface area contributed by atoms with Crippen LogP contribution in [0.4, 0.5) is 5.69 Å². The fourth-order valence-electron chi connectivity index (χ4n) is 4.22. The Morgan fingerprint density at radius 2 is 1.62 bits per heavy atom. The first-order valence-corrected chi connectivity index (χ1v) is 14.8. The van der Waals surface area contributed by atoms with Gasteiger partial charge in [0.1, 0.15) is 12.6 Å². The molecule has 9 heteroatoms. The number of aryl methyl sites for hydroxylation is 2. The van der Waals surface area contributed by atoms with E-state index in [2.05, 4.69) is 5.32 Å². The third-order valence-corrected chi connectivity index (χ3v) is 8.38. The highest BCUT2D eigenvalue weighted by Crippen LogP contribution is 2.28. The SMILES string of the molecule is CCc1ccccc1N(CC(=O)N(Cc1cccc(Cl)c1)C(C)C(=O)NC(C)C)S(=O)(=O)c1ccc(C)cc1. The van der Waals surface area contributed by atoms with Crippen molar-refractivity contribution in [3.8, 4) is 0 Å². The fourth-order valence-corrected chi connectivity index (χ4v) is 5.89. The third-order valence-electron chi connectivity index (χ3n) is 6.37. The molecule has 1 unspecified atom stereocenters. The molecule has 3 rings (SSSR count). The van der Waals surface area contributed by atoms with Crippen LogP contribution in [-0.4, -0.2) is 43.8 Å². The van der Waals surface area contributed by atoms with E-state index in [0.717, 1.165) is 21.0 Å². The molecule has 0 radical (unpaired) electrons. The normalized spacial score (nSPS) is 12.2. The van der Waals surface area contributed by atoms with Crippen molar-refractivity contribution in [2.24, 2.45) is 0 Å². The molecule has 0 aliphatic rings. The quantitative estimate of drug-likeness (QED) is 0.337. The number of hydrogen-bond donors (Lipinski definition) is 1. The maximum atomic E-state index is 14.0. The minimum Gasteiger partial charge on any atom is -0.352 e. The van der Waals surface area contributed by atoms with Crippen LogP contribution < -0.4 is 9.62 Å². The Labute approximate surface area is 236 Å². The van der Waals surface area contributed by atoms with Crippen LogP contribution in [0.5, 0.6) is 0 Å². The summed E-state index contributed by atoms with van der Waals surface area (Å²) >= 11 is 6.19. The summed E-state index contributed by atoms with van der Waals surface area (Å²) in [5.74, 6) is -0.842. The molecule has 7 nitrogen and oxygen atoms in total. The lowest BCUT2D eigenvalue weighted by Crippen LogP contribution is -2.52. The number of rotatable bonds is 11. The summed E-state index contributed by atoms with van der Waals surface area (Å²) in [5, 5.41) is 3.35. The number of para-hydroxylation sites is 1. The molecule has 0 spiro atoms. The van der Waals surface area contributed by atoms with Crippen LogP contribution in [0.3, 0.4) is 0 Å². The van der Waals surface area contributed by atoms with Crippen molar-refractivity contribution >= 4 is 39.1 Å². The summed E-state index contributed by atoms with van der Waals surface area (Å²) in [7, 11) is -4.11. The van der Waals surface area contributed by atoms with Gasteiger partial charge in [-0.15, -0.1) is 0 Å². The first-order valence-electron chi connectivity index (χ1n) is 13.0. The van der Waals surface area contributed by atoms with Gasteiger partial charge >= 0.3 is 0 Å². The van der Waals surface area contributed by atoms with Gasteiger partial charge < -0.3 is 10.2 Å². The number of carbonyl (C=O) groups is 2. The first-order chi connectivity index (χ1) is 18.4. The summed E-state index contributed by atoms with van der Waals surface area (Å²) in [6.45, 7) is 8.73. The van der Waals surface area contributed by atoms with Gasteiger partial charge in [-0.25, -0.2) is 8.42 Å². The van der Waals surface area contributed by atoms with E-state index in [1.54, 1.807) is 61.5 Å². The highest BCUT2D eigenvalue weighted by Gasteiger charge is 2.33. The molecule has 0 saturated heterocycles. The zero-order valence-electron chi connectivity index (χ0n) is 23.0.